The van der Waals surface area contributed by atoms with E-state index in [1.807, 2.05) is 0 Å². The fraction of sp³-hybridized carbons (Fsp3) is 0.432. The van der Waals surface area contributed by atoms with Crippen LogP contribution >= 0.6 is 27.2 Å². The number of hydrogen-bond donors (Lipinski definition) is 6. The summed E-state index contributed by atoms with van der Waals surface area (Å²) in [5, 5.41) is 3.39. The lowest BCUT2D eigenvalue weighted by Crippen LogP contribution is -2.31. The van der Waals surface area contributed by atoms with E-state index in [0.717, 1.165) is 5.56 Å². The van der Waals surface area contributed by atoms with Gasteiger partial charge in [0.1, 0.15) is 18.0 Å². The number of rotatable bonds is 27. The van der Waals surface area contributed by atoms with E-state index in [1.54, 1.807) is 24.3 Å². The number of alkyl halides is 1. The van der Waals surface area contributed by atoms with E-state index in [4.69, 9.17) is 68.8 Å². The summed E-state index contributed by atoms with van der Waals surface area (Å²) < 4.78 is 85.6. The molecule has 3 atom stereocenters. The Morgan fingerprint density at radius 2 is 1.33 bits per heavy atom. The van der Waals surface area contributed by atoms with Gasteiger partial charge in [-0.25, -0.2) is 15.0 Å². The summed E-state index contributed by atoms with van der Waals surface area (Å²) in [5.41, 5.74) is 2.67. The third-order valence-corrected chi connectivity index (χ3v) is 14.4. The van der Waals surface area contributed by atoms with Crippen LogP contribution in [0.5, 0.6) is 34.5 Å². The normalized spacial score (nSPS) is 15.8. The second-order valence-electron chi connectivity index (χ2n) is 15.8. The van der Waals surface area contributed by atoms with Gasteiger partial charge in [0.05, 0.1) is 104 Å². The number of methoxy groups -OCH3 is 5. The van der Waals surface area contributed by atoms with Crippen molar-refractivity contribution in [2.75, 3.05) is 124 Å². The SMILES string of the molecule is COc1cc2c(cc1OC)N(C(=O)c1cc3c4c(cc(OP(=O)(O)OP(=O)(O)OCCOCCOCCOCCNC(=O)CON)c3[nH]1)N(C(=O)c1cc3cc(OC)c(OC)c(OC)c3[nH]1)C[C@H]4CCl)CC2. The number of nitrogens with one attached hydrogen (secondary N) is 3. The van der Waals surface area contributed by atoms with E-state index < -0.39 is 45.7 Å². The number of hydrogen-bond acceptors (Lipinski definition) is 18. The van der Waals surface area contributed by atoms with Crippen LogP contribution in [-0.4, -0.2) is 151 Å². The number of H-pyrrole nitrogens is 2. The Balaban J connectivity index is 1.11. The van der Waals surface area contributed by atoms with Crippen molar-refractivity contribution in [1.29, 1.82) is 0 Å². The number of aromatic nitrogens is 2. The molecule has 7 rings (SSSR count). The Labute approximate surface area is 417 Å². The predicted molar refractivity (Wildman–Crippen MR) is 259 cm³/mol. The van der Waals surface area contributed by atoms with Gasteiger partial charge in [-0.3, -0.25) is 28.6 Å². The smallest absolute Gasteiger partial charge is 0.493 e. The number of fused-ring (bicyclic) bond motifs is 5. The monoisotopic (exact) mass is 1070 g/mol. The molecule has 2 unspecified atom stereocenters. The van der Waals surface area contributed by atoms with Gasteiger partial charge in [0.15, 0.2) is 28.7 Å². The highest BCUT2D eigenvalue weighted by Crippen LogP contribution is 2.61. The van der Waals surface area contributed by atoms with Gasteiger partial charge in [0.2, 0.25) is 11.7 Å². The first kappa shape index (κ1) is 54.1. The topological polar surface area (TPSA) is 313 Å². The average Bonchev–Trinajstić information content (AvgIpc) is 4.17. The van der Waals surface area contributed by atoms with Crippen LogP contribution in [0, 0.1) is 0 Å². The summed E-state index contributed by atoms with van der Waals surface area (Å²) >= 11 is 6.61. The van der Waals surface area contributed by atoms with Crippen LogP contribution in [-0.2, 0) is 48.2 Å². The van der Waals surface area contributed by atoms with Crippen LogP contribution in [0.4, 0.5) is 11.4 Å². The molecule has 0 aliphatic carbocycles. The van der Waals surface area contributed by atoms with Crippen molar-refractivity contribution in [2.24, 2.45) is 5.90 Å². The number of carbonyl (C=O) groups excluding carboxylic acids is 3. The molecular weight excluding hydrogens is 1010 g/mol. The third-order valence-electron chi connectivity index (χ3n) is 11.5. The number of anilines is 2. The molecule has 2 aliphatic rings. The molecule has 28 heteroatoms. The number of aromatic amines is 2. The fourth-order valence-corrected chi connectivity index (χ4v) is 10.7. The van der Waals surface area contributed by atoms with Crippen molar-refractivity contribution in [3.05, 3.63) is 58.9 Å². The Kier molecular flexibility index (Phi) is 18.0. The first-order valence-electron chi connectivity index (χ1n) is 22.1. The van der Waals surface area contributed by atoms with Gasteiger partial charge in [-0.15, -0.1) is 11.6 Å². The number of nitrogens with two attached hydrogens (primary N) is 1. The molecule has 3 amide bonds. The molecule has 7 N–H and O–H groups in total. The highest BCUT2D eigenvalue weighted by Gasteiger charge is 2.41. The summed E-state index contributed by atoms with van der Waals surface area (Å²) in [6.45, 7) is 0.401. The minimum atomic E-state index is -5.58. The standard InChI is InChI=1S/C44H55ClN6O19P2/c1-59-33-17-25-6-8-50(31(25)20-34(33)60-2)43(53)30-19-28-38-27(22-45)23-51(44(54)29-16-26-18-36(61-3)41(62-4)42(63-5)39(26)48-29)32(38)21-35(40(28)49-30)69-72(57,58)70-71(55,56)68-15-14-66-13-12-65-11-10-64-9-7-47-37(52)24-67-46/h16-21,27,48-49H,6-15,22-24,46H2,1-5H3,(H,47,52)(H,55,56)(H,57,58)/t27-/m1/s1. The van der Waals surface area contributed by atoms with Crippen molar-refractivity contribution in [3.63, 3.8) is 0 Å². The number of amides is 3. The molecule has 392 valence electrons. The molecule has 72 heavy (non-hydrogen) atoms. The molecule has 0 saturated carbocycles. The predicted octanol–water partition coefficient (Wildman–Crippen LogP) is 4.55. The molecule has 3 aromatic carbocycles. The van der Waals surface area contributed by atoms with Crippen LogP contribution < -0.4 is 49.2 Å². The van der Waals surface area contributed by atoms with E-state index >= 15 is 0 Å². The van der Waals surface area contributed by atoms with Crippen molar-refractivity contribution >= 4 is 78.1 Å². The molecule has 5 aromatic rings. The number of halogens is 1. The molecule has 0 spiro atoms. The first-order valence-corrected chi connectivity index (χ1v) is 25.6. The lowest BCUT2D eigenvalue weighted by Gasteiger charge is -2.20. The van der Waals surface area contributed by atoms with Gasteiger partial charge in [0, 0.05) is 54.3 Å². The van der Waals surface area contributed by atoms with E-state index in [1.165, 1.54) is 57.5 Å². The maximum absolute atomic E-state index is 14.6. The number of phosphoric acid groups is 2. The first-order chi connectivity index (χ1) is 34.6. The van der Waals surface area contributed by atoms with Crippen molar-refractivity contribution in [1.82, 2.24) is 15.3 Å². The molecule has 2 aliphatic heterocycles. The third kappa shape index (κ3) is 12.1. The molecule has 25 nitrogen and oxygen atoms in total. The summed E-state index contributed by atoms with van der Waals surface area (Å²) in [6.07, 6.45) is 0.500. The summed E-state index contributed by atoms with van der Waals surface area (Å²) in [4.78, 5) is 75.3. The maximum Gasteiger partial charge on any atom is 0.536 e. The molecule has 4 heterocycles. The Hall–Kier alpha value is -5.66. The van der Waals surface area contributed by atoms with Crippen LogP contribution in [0.25, 0.3) is 21.8 Å². The van der Waals surface area contributed by atoms with E-state index in [0.29, 0.717) is 63.5 Å². The van der Waals surface area contributed by atoms with E-state index in [-0.39, 0.29) is 99.5 Å². The fourth-order valence-electron chi connectivity index (χ4n) is 8.35. The molecule has 0 bridgehead atoms. The Morgan fingerprint density at radius 3 is 1.99 bits per heavy atom. The summed E-state index contributed by atoms with van der Waals surface area (Å²) in [6, 6.07) is 9.55. The largest absolute Gasteiger partial charge is 0.536 e. The molecule has 2 aromatic heterocycles. The van der Waals surface area contributed by atoms with Crippen molar-refractivity contribution < 1.29 is 89.4 Å². The lowest BCUT2D eigenvalue weighted by atomic mass is 9.98. The number of ether oxygens (including phenoxy) is 8. The van der Waals surface area contributed by atoms with Gasteiger partial charge >= 0.3 is 15.6 Å². The maximum atomic E-state index is 14.6. The zero-order valence-electron chi connectivity index (χ0n) is 39.8. The highest BCUT2D eigenvalue weighted by atomic mass is 35.5. The zero-order chi connectivity index (χ0) is 51.7. The zero-order valence-corrected chi connectivity index (χ0v) is 42.4. The van der Waals surface area contributed by atoms with Crippen LogP contribution in [0.1, 0.15) is 38.0 Å². The number of benzene rings is 3. The van der Waals surface area contributed by atoms with Crippen LogP contribution in [0.2, 0.25) is 0 Å². The second-order valence-corrected chi connectivity index (χ2v) is 19.1. The number of phosphoric ester groups is 2. The van der Waals surface area contributed by atoms with Gasteiger partial charge in [-0.2, -0.15) is 4.31 Å². The average molecular weight is 1070 g/mol. The van der Waals surface area contributed by atoms with Gasteiger partial charge < -0.3 is 72.4 Å². The van der Waals surface area contributed by atoms with Crippen LogP contribution in [0.15, 0.2) is 36.4 Å². The minimum absolute atomic E-state index is 0.00538. The Bertz CT molecular complexity index is 2880. The Morgan fingerprint density at radius 1 is 0.722 bits per heavy atom. The molecular formula is C44H55ClN6O19P2. The molecule has 0 fully saturated rings. The second kappa shape index (κ2) is 23.9. The lowest BCUT2D eigenvalue weighted by molar-refractivity contribution is -0.126. The van der Waals surface area contributed by atoms with Gasteiger partial charge in [-0.1, -0.05) is 0 Å². The van der Waals surface area contributed by atoms with Gasteiger partial charge in [0.25, 0.3) is 11.8 Å². The summed E-state index contributed by atoms with van der Waals surface area (Å²) in [7, 11) is -3.55. The minimum Gasteiger partial charge on any atom is -0.493 e. The van der Waals surface area contributed by atoms with E-state index in [9.17, 15) is 33.3 Å². The quantitative estimate of drug-likeness (QED) is 0.0182. The van der Waals surface area contributed by atoms with Crippen LogP contribution in [0.3, 0.4) is 0 Å². The number of carbonyl (C=O) groups is 3. The molecule has 0 saturated heterocycles. The van der Waals surface area contributed by atoms with Crippen molar-refractivity contribution in [2.45, 2.75) is 12.3 Å². The highest BCUT2D eigenvalue weighted by molar-refractivity contribution is 7.61. The number of nitrogens with zero attached hydrogens (tertiary/aromatic N) is 2. The van der Waals surface area contributed by atoms with E-state index in [2.05, 4.69) is 20.1 Å². The molecule has 0 radical (unpaired) electrons. The summed E-state index contributed by atoms with van der Waals surface area (Å²) in [5.74, 6) is 4.27. The van der Waals surface area contributed by atoms with Crippen molar-refractivity contribution in [3.8, 4) is 34.5 Å². The van der Waals surface area contributed by atoms with Gasteiger partial charge in [-0.05, 0) is 41.8 Å².